The number of esters is 1. The fourth-order valence-corrected chi connectivity index (χ4v) is 2.69. The van der Waals surface area contributed by atoms with Crippen molar-refractivity contribution in [2.45, 2.75) is 6.61 Å². The molecule has 0 fully saturated rings. The first-order chi connectivity index (χ1) is 12.7. The average Bonchev–Trinajstić information content (AvgIpc) is 2.70. The molecule has 0 unspecified atom stereocenters. The van der Waals surface area contributed by atoms with Crippen LogP contribution in [-0.2, 0) is 20.9 Å². The van der Waals surface area contributed by atoms with E-state index in [1.54, 1.807) is 6.08 Å². The van der Waals surface area contributed by atoms with E-state index in [2.05, 4.69) is 0 Å². The van der Waals surface area contributed by atoms with Crippen molar-refractivity contribution in [3.63, 3.8) is 0 Å². The van der Waals surface area contributed by atoms with E-state index in [1.165, 1.54) is 14.2 Å². The number of benzene rings is 3. The van der Waals surface area contributed by atoms with Gasteiger partial charge < -0.3 is 14.2 Å². The SMILES string of the molecule is COC(=O)/C(=C/c1cc(OCc2ccccc2)c2ccccc2c1)OC. The maximum Gasteiger partial charge on any atom is 0.373 e. The number of rotatable bonds is 6. The van der Waals surface area contributed by atoms with Gasteiger partial charge in [-0.05, 0) is 34.7 Å². The van der Waals surface area contributed by atoms with E-state index < -0.39 is 5.97 Å². The summed E-state index contributed by atoms with van der Waals surface area (Å²) in [5.74, 6) is 0.364. The van der Waals surface area contributed by atoms with Gasteiger partial charge in [0.2, 0.25) is 5.76 Å². The largest absolute Gasteiger partial charge is 0.490 e. The number of ether oxygens (including phenoxy) is 3. The van der Waals surface area contributed by atoms with Gasteiger partial charge in [-0.3, -0.25) is 0 Å². The van der Waals surface area contributed by atoms with Gasteiger partial charge in [-0.2, -0.15) is 0 Å². The molecule has 0 heterocycles. The first kappa shape index (κ1) is 17.5. The highest BCUT2D eigenvalue weighted by atomic mass is 16.6. The second kappa shape index (κ2) is 8.21. The smallest absolute Gasteiger partial charge is 0.373 e. The lowest BCUT2D eigenvalue weighted by Gasteiger charge is -2.12. The molecule has 0 spiro atoms. The van der Waals surface area contributed by atoms with Gasteiger partial charge in [0.1, 0.15) is 12.4 Å². The molecule has 3 aromatic carbocycles. The summed E-state index contributed by atoms with van der Waals surface area (Å²) in [6.07, 6.45) is 1.65. The van der Waals surface area contributed by atoms with Gasteiger partial charge >= 0.3 is 5.97 Å². The van der Waals surface area contributed by atoms with Gasteiger partial charge in [0, 0.05) is 5.39 Å². The van der Waals surface area contributed by atoms with E-state index >= 15 is 0 Å². The third-order valence-corrected chi connectivity index (χ3v) is 3.99. The lowest BCUT2D eigenvalue weighted by atomic mass is 10.0. The van der Waals surface area contributed by atoms with Gasteiger partial charge in [0.15, 0.2) is 0 Å². The molecule has 0 bridgehead atoms. The molecule has 3 aromatic rings. The Balaban J connectivity index is 1.98. The summed E-state index contributed by atoms with van der Waals surface area (Å²) < 4.78 is 15.9. The quantitative estimate of drug-likeness (QED) is 0.372. The van der Waals surface area contributed by atoms with Crippen LogP contribution in [0.15, 0.2) is 72.5 Å². The maximum atomic E-state index is 11.8. The number of hydrogen-bond acceptors (Lipinski definition) is 4. The van der Waals surface area contributed by atoms with Crippen molar-refractivity contribution < 1.29 is 19.0 Å². The number of methoxy groups -OCH3 is 2. The molecule has 0 amide bonds. The van der Waals surface area contributed by atoms with Crippen LogP contribution in [0.5, 0.6) is 5.75 Å². The summed E-state index contributed by atoms with van der Waals surface area (Å²) in [5.41, 5.74) is 1.89. The molecule has 0 atom stereocenters. The lowest BCUT2D eigenvalue weighted by molar-refractivity contribution is -0.139. The second-order valence-electron chi connectivity index (χ2n) is 5.72. The van der Waals surface area contributed by atoms with Gasteiger partial charge in [-0.25, -0.2) is 4.79 Å². The van der Waals surface area contributed by atoms with Crippen molar-refractivity contribution in [2.24, 2.45) is 0 Å². The van der Waals surface area contributed by atoms with Crippen molar-refractivity contribution in [3.8, 4) is 5.75 Å². The average molecular weight is 348 g/mol. The Morgan fingerprint density at radius 2 is 1.65 bits per heavy atom. The van der Waals surface area contributed by atoms with Crippen molar-refractivity contribution in [3.05, 3.63) is 83.6 Å². The fourth-order valence-electron chi connectivity index (χ4n) is 2.69. The number of carbonyl (C=O) groups excluding carboxylic acids is 1. The highest BCUT2D eigenvalue weighted by Crippen LogP contribution is 2.29. The monoisotopic (exact) mass is 348 g/mol. The summed E-state index contributed by atoms with van der Waals surface area (Å²) in [6, 6.07) is 21.8. The van der Waals surface area contributed by atoms with E-state index in [0.717, 1.165) is 27.6 Å². The zero-order valence-electron chi connectivity index (χ0n) is 14.8. The summed E-state index contributed by atoms with van der Waals surface area (Å²) in [4.78, 5) is 11.8. The molecule has 132 valence electrons. The van der Waals surface area contributed by atoms with Crippen LogP contribution in [-0.4, -0.2) is 20.2 Å². The predicted molar refractivity (Wildman–Crippen MR) is 102 cm³/mol. The van der Waals surface area contributed by atoms with E-state index in [-0.39, 0.29) is 5.76 Å². The van der Waals surface area contributed by atoms with Gasteiger partial charge in [-0.1, -0.05) is 54.6 Å². The normalized spacial score (nSPS) is 11.2. The highest BCUT2D eigenvalue weighted by Gasteiger charge is 2.11. The Bertz CT molecular complexity index is 929. The first-order valence-electron chi connectivity index (χ1n) is 8.25. The summed E-state index contributed by atoms with van der Waals surface area (Å²) >= 11 is 0. The van der Waals surface area contributed by atoms with Crippen LogP contribution in [0.25, 0.3) is 16.8 Å². The summed E-state index contributed by atoms with van der Waals surface area (Å²) in [5, 5.41) is 2.03. The van der Waals surface area contributed by atoms with Crippen molar-refractivity contribution in [2.75, 3.05) is 14.2 Å². The molecule has 0 aromatic heterocycles. The minimum Gasteiger partial charge on any atom is -0.490 e. The summed E-state index contributed by atoms with van der Waals surface area (Å²) in [6.45, 7) is 0.464. The minimum absolute atomic E-state index is 0.136. The predicted octanol–water partition coefficient (Wildman–Crippen LogP) is 4.58. The summed E-state index contributed by atoms with van der Waals surface area (Å²) in [7, 11) is 2.76. The Kier molecular flexibility index (Phi) is 5.54. The molecule has 0 aliphatic carbocycles. The molecule has 4 nitrogen and oxygen atoms in total. The Morgan fingerprint density at radius 3 is 2.38 bits per heavy atom. The van der Waals surface area contributed by atoms with Crippen molar-refractivity contribution in [1.29, 1.82) is 0 Å². The molecule has 26 heavy (non-hydrogen) atoms. The third kappa shape index (κ3) is 4.03. The van der Waals surface area contributed by atoms with Crippen molar-refractivity contribution >= 4 is 22.8 Å². The molecule has 0 aliphatic rings. The molecular weight excluding hydrogens is 328 g/mol. The van der Waals surface area contributed by atoms with Crippen LogP contribution in [0.3, 0.4) is 0 Å². The number of fused-ring (bicyclic) bond motifs is 1. The Hall–Kier alpha value is -3.27. The van der Waals surface area contributed by atoms with Crippen LogP contribution >= 0.6 is 0 Å². The van der Waals surface area contributed by atoms with Gasteiger partial charge in [-0.15, -0.1) is 0 Å². The van der Waals surface area contributed by atoms with E-state index in [4.69, 9.17) is 14.2 Å². The highest BCUT2D eigenvalue weighted by molar-refractivity contribution is 5.94. The second-order valence-corrected chi connectivity index (χ2v) is 5.72. The number of hydrogen-bond donors (Lipinski definition) is 0. The Labute approximate surface area is 152 Å². The molecule has 0 saturated heterocycles. The molecule has 0 N–H and O–H groups in total. The van der Waals surface area contributed by atoms with Crippen molar-refractivity contribution in [1.82, 2.24) is 0 Å². The van der Waals surface area contributed by atoms with Gasteiger partial charge in [0.05, 0.1) is 14.2 Å². The van der Waals surface area contributed by atoms with Crippen LogP contribution in [0.1, 0.15) is 11.1 Å². The first-order valence-corrected chi connectivity index (χ1v) is 8.25. The molecule has 3 rings (SSSR count). The Morgan fingerprint density at radius 1 is 0.923 bits per heavy atom. The minimum atomic E-state index is -0.521. The molecule has 0 saturated carbocycles. The maximum absolute atomic E-state index is 11.8. The standard InChI is InChI=1S/C22H20O4/c1-24-21(22(23)25-2)14-17-12-18-10-6-7-11-19(18)20(13-17)26-15-16-8-4-3-5-9-16/h3-14H,15H2,1-2H3/b21-14-. The molecule has 0 aliphatic heterocycles. The van der Waals surface area contributed by atoms with Crippen LogP contribution < -0.4 is 4.74 Å². The van der Waals surface area contributed by atoms with E-state index in [0.29, 0.717) is 6.61 Å². The van der Waals surface area contributed by atoms with Crippen LogP contribution in [0.2, 0.25) is 0 Å². The topological polar surface area (TPSA) is 44.8 Å². The third-order valence-electron chi connectivity index (χ3n) is 3.99. The molecular formula is C22H20O4. The van der Waals surface area contributed by atoms with E-state index in [9.17, 15) is 4.79 Å². The molecule has 0 radical (unpaired) electrons. The van der Waals surface area contributed by atoms with Gasteiger partial charge in [0.25, 0.3) is 0 Å². The zero-order chi connectivity index (χ0) is 18.4. The van der Waals surface area contributed by atoms with Crippen LogP contribution in [0, 0.1) is 0 Å². The van der Waals surface area contributed by atoms with Crippen LogP contribution in [0.4, 0.5) is 0 Å². The molecule has 4 heteroatoms. The number of carbonyl (C=O) groups is 1. The lowest BCUT2D eigenvalue weighted by Crippen LogP contribution is -2.06. The zero-order valence-corrected chi connectivity index (χ0v) is 14.8. The fraction of sp³-hybridized carbons (Fsp3) is 0.136. The van der Waals surface area contributed by atoms with E-state index in [1.807, 2.05) is 66.7 Å².